The molecule has 1 saturated heterocycles. The first-order chi connectivity index (χ1) is 7.70. The van der Waals surface area contributed by atoms with Gasteiger partial charge in [-0.2, -0.15) is 0 Å². The molecule has 1 aliphatic heterocycles. The van der Waals surface area contributed by atoms with Gasteiger partial charge in [0.25, 0.3) is 0 Å². The van der Waals surface area contributed by atoms with E-state index < -0.39 is 0 Å². The molecule has 84 valence electrons. The van der Waals surface area contributed by atoms with Crippen molar-refractivity contribution in [2.24, 2.45) is 0 Å². The average Bonchev–Trinajstić information content (AvgIpc) is 2.61. The molecule has 0 radical (unpaired) electrons. The first-order valence-electron chi connectivity index (χ1n) is 4.91. The van der Waals surface area contributed by atoms with Crippen LogP contribution in [0.5, 0.6) is 0 Å². The highest BCUT2D eigenvalue weighted by Gasteiger charge is 2.28. The minimum Gasteiger partial charge on any atom is -0.373 e. The van der Waals surface area contributed by atoms with Crippen molar-refractivity contribution in [3.05, 3.63) is 23.9 Å². The monoisotopic (exact) mass is 220 g/mol. The zero-order chi connectivity index (χ0) is 11.5. The van der Waals surface area contributed by atoms with Crippen LogP contribution in [0.3, 0.4) is 0 Å². The number of pyridine rings is 1. The number of aromatic nitrogens is 1. The summed E-state index contributed by atoms with van der Waals surface area (Å²) in [6, 6.07) is 3.24. The summed E-state index contributed by atoms with van der Waals surface area (Å²) in [6.45, 7) is 0.366. The normalized spacial score (nSPS) is 15.2. The highest BCUT2D eigenvalue weighted by atomic mass is 16.2. The number of nitrogens with zero attached hydrogens (tertiary/aromatic N) is 2. The van der Waals surface area contributed by atoms with E-state index in [0.29, 0.717) is 5.82 Å². The number of carbonyl (C=O) groups is 2. The molecule has 0 bridgehead atoms. The minimum atomic E-state index is -0.340. The summed E-state index contributed by atoms with van der Waals surface area (Å²) >= 11 is 0. The van der Waals surface area contributed by atoms with Crippen molar-refractivity contribution in [3.8, 4) is 0 Å². The molecule has 16 heavy (non-hydrogen) atoms. The SMILES string of the molecule is CNc1cc(CN2C(=O)CNC2=O)ccn1. The Balaban J connectivity index is 2.14. The summed E-state index contributed by atoms with van der Waals surface area (Å²) in [5.41, 5.74) is 0.866. The predicted molar refractivity (Wildman–Crippen MR) is 57.7 cm³/mol. The maximum atomic E-state index is 11.4. The second-order valence-corrected chi connectivity index (χ2v) is 3.44. The third kappa shape index (κ3) is 1.95. The predicted octanol–water partition coefficient (Wildman–Crippen LogP) is 0.175. The van der Waals surface area contributed by atoms with Gasteiger partial charge in [-0.25, -0.2) is 9.78 Å². The van der Waals surface area contributed by atoms with Crippen LogP contribution < -0.4 is 10.6 Å². The number of urea groups is 1. The summed E-state index contributed by atoms with van der Waals surface area (Å²) < 4.78 is 0. The Morgan fingerprint density at radius 3 is 3.00 bits per heavy atom. The highest BCUT2D eigenvalue weighted by Crippen LogP contribution is 2.11. The maximum Gasteiger partial charge on any atom is 0.324 e. The molecule has 3 amide bonds. The summed E-state index contributed by atoms with van der Waals surface area (Å²) in [5, 5.41) is 5.37. The van der Waals surface area contributed by atoms with Crippen LogP contribution in [0.2, 0.25) is 0 Å². The smallest absolute Gasteiger partial charge is 0.324 e. The Labute approximate surface area is 92.7 Å². The molecule has 2 rings (SSSR count). The van der Waals surface area contributed by atoms with Gasteiger partial charge in [0.2, 0.25) is 5.91 Å². The molecule has 2 heterocycles. The maximum absolute atomic E-state index is 11.4. The van der Waals surface area contributed by atoms with E-state index in [2.05, 4.69) is 15.6 Å². The van der Waals surface area contributed by atoms with Gasteiger partial charge in [0, 0.05) is 13.2 Å². The van der Waals surface area contributed by atoms with E-state index in [1.54, 1.807) is 25.4 Å². The summed E-state index contributed by atoms with van der Waals surface area (Å²) in [7, 11) is 1.76. The van der Waals surface area contributed by atoms with E-state index in [1.165, 1.54) is 4.90 Å². The summed E-state index contributed by atoms with van der Waals surface area (Å²) in [5.74, 6) is 0.511. The number of hydrogen-bond donors (Lipinski definition) is 2. The molecule has 1 aliphatic rings. The first kappa shape index (κ1) is 10.4. The molecule has 0 unspecified atom stereocenters. The van der Waals surface area contributed by atoms with Crippen LogP contribution in [-0.4, -0.2) is 35.4 Å². The second-order valence-electron chi connectivity index (χ2n) is 3.44. The van der Waals surface area contributed by atoms with Gasteiger partial charge in [0.15, 0.2) is 0 Å². The van der Waals surface area contributed by atoms with E-state index in [9.17, 15) is 9.59 Å². The molecule has 0 atom stereocenters. The fraction of sp³-hybridized carbons (Fsp3) is 0.300. The summed E-state index contributed by atoms with van der Waals surface area (Å²) in [6.07, 6.45) is 1.64. The third-order valence-corrected chi connectivity index (χ3v) is 2.36. The number of anilines is 1. The zero-order valence-electron chi connectivity index (χ0n) is 8.86. The fourth-order valence-electron chi connectivity index (χ4n) is 1.51. The van der Waals surface area contributed by atoms with Gasteiger partial charge < -0.3 is 10.6 Å². The van der Waals surface area contributed by atoms with Crippen molar-refractivity contribution < 1.29 is 9.59 Å². The van der Waals surface area contributed by atoms with Crippen LogP contribution in [0.4, 0.5) is 10.6 Å². The molecule has 1 aromatic heterocycles. The van der Waals surface area contributed by atoms with Crippen molar-refractivity contribution >= 4 is 17.8 Å². The second kappa shape index (κ2) is 4.18. The minimum absolute atomic E-state index is 0.0861. The molecule has 6 nitrogen and oxygen atoms in total. The standard InChI is InChI=1S/C10H12N4O2/c1-11-8-4-7(2-3-12-8)6-14-9(15)5-13-10(14)16/h2-4H,5-6H2,1H3,(H,11,12)(H,13,16). The lowest BCUT2D eigenvalue weighted by Gasteiger charge is -2.12. The quantitative estimate of drug-likeness (QED) is 0.712. The Bertz CT molecular complexity index is 417. The van der Waals surface area contributed by atoms with Gasteiger partial charge in [0.1, 0.15) is 5.82 Å². The first-order valence-corrected chi connectivity index (χ1v) is 4.91. The van der Waals surface area contributed by atoms with Crippen LogP contribution in [0.25, 0.3) is 0 Å². The fourth-order valence-corrected chi connectivity index (χ4v) is 1.51. The van der Waals surface area contributed by atoms with Gasteiger partial charge in [-0.1, -0.05) is 0 Å². The Hall–Kier alpha value is -2.11. The van der Waals surface area contributed by atoms with E-state index in [-0.39, 0.29) is 25.0 Å². The molecule has 0 spiro atoms. The van der Waals surface area contributed by atoms with Crippen LogP contribution in [-0.2, 0) is 11.3 Å². The van der Waals surface area contributed by atoms with Crippen LogP contribution in [0.1, 0.15) is 5.56 Å². The van der Waals surface area contributed by atoms with E-state index in [0.717, 1.165) is 5.56 Å². The molecule has 0 aromatic carbocycles. The molecule has 0 aliphatic carbocycles. The topological polar surface area (TPSA) is 74.3 Å². The number of amides is 3. The van der Waals surface area contributed by atoms with Crippen LogP contribution >= 0.6 is 0 Å². The van der Waals surface area contributed by atoms with E-state index in [4.69, 9.17) is 0 Å². The largest absolute Gasteiger partial charge is 0.373 e. The van der Waals surface area contributed by atoms with Gasteiger partial charge in [-0.15, -0.1) is 0 Å². The van der Waals surface area contributed by atoms with Gasteiger partial charge >= 0.3 is 6.03 Å². The van der Waals surface area contributed by atoms with Crippen molar-refractivity contribution in [2.45, 2.75) is 6.54 Å². The Morgan fingerprint density at radius 2 is 2.38 bits per heavy atom. The lowest BCUT2D eigenvalue weighted by atomic mass is 10.2. The van der Waals surface area contributed by atoms with E-state index in [1.807, 2.05) is 0 Å². The average molecular weight is 220 g/mol. The molecule has 6 heteroatoms. The van der Waals surface area contributed by atoms with Crippen molar-refractivity contribution in [3.63, 3.8) is 0 Å². The number of hydrogen-bond acceptors (Lipinski definition) is 4. The Morgan fingerprint density at radius 1 is 1.56 bits per heavy atom. The number of carbonyl (C=O) groups excluding carboxylic acids is 2. The zero-order valence-corrected chi connectivity index (χ0v) is 8.86. The van der Waals surface area contributed by atoms with Crippen LogP contribution in [0.15, 0.2) is 18.3 Å². The van der Waals surface area contributed by atoms with Crippen LogP contribution in [0, 0.1) is 0 Å². The van der Waals surface area contributed by atoms with Crippen molar-refractivity contribution in [2.75, 3.05) is 18.9 Å². The number of rotatable bonds is 3. The van der Waals surface area contributed by atoms with Crippen molar-refractivity contribution in [1.29, 1.82) is 0 Å². The number of imide groups is 1. The molecular formula is C10H12N4O2. The Kier molecular flexibility index (Phi) is 2.72. The molecular weight excluding hydrogens is 208 g/mol. The van der Waals surface area contributed by atoms with Gasteiger partial charge in [-0.05, 0) is 17.7 Å². The number of nitrogens with one attached hydrogen (secondary N) is 2. The highest BCUT2D eigenvalue weighted by molar-refractivity contribution is 6.01. The van der Waals surface area contributed by atoms with E-state index >= 15 is 0 Å². The lowest BCUT2D eigenvalue weighted by Crippen LogP contribution is -2.30. The molecule has 1 fully saturated rings. The van der Waals surface area contributed by atoms with Gasteiger partial charge in [-0.3, -0.25) is 9.69 Å². The van der Waals surface area contributed by atoms with Crippen molar-refractivity contribution in [1.82, 2.24) is 15.2 Å². The molecule has 0 saturated carbocycles. The third-order valence-electron chi connectivity index (χ3n) is 2.36. The molecule has 2 N–H and O–H groups in total. The van der Waals surface area contributed by atoms with Gasteiger partial charge in [0.05, 0.1) is 13.1 Å². The lowest BCUT2D eigenvalue weighted by molar-refractivity contribution is -0.125. The summed E-state index contributed by atoms with van der Waals surface area (Å²) in [4.78, 5) is 27.9. The molecule has 1 aromatic rings.